The van der Waals surface area contributed by atoms with Gasteiger partial charge in [0, 0.05) is 56.8 Å². The highest BCUT2D eigenvalue weighted by Gasteiger charge is 2.42. The summed E-state index contributed by atoms with van der Waals surface area (Å²) in [4.78, 5) is 18.5. The number of aliphatic imine (C=N–C) groups is 1. The Bertz CT molecular complexity index is 846. The molecule has 1 unspecified atom stereocenters. The van der Waals surface area contributed by atoms with Gasteiger partial charge in [-0.3, -0.25) is 14.5 Å². The standard InChI is InChI=1S/C21H28N6O/c1-22-20(26-9-5-8-21(16-26)10-19(28)24-15-21)23-11-18-12-25-27(14-18)13-17-6-3-2-4-7-17/h2-4,6-7,12,14H,5,8-11,13,15-16H2,1H3,(H,22,23)(H,24,28). The molecule has 1 amide bonds. The maximum absolute atomic E-state index is 11.7. The number of rotatable bonds is 4. The maximum atomic E-state index is 11.7. The minimum atomic E-state index is 0.0630. The SMILES string of the molecule is CN=C(NCc1cnn(Cc2ccccc2)c1)N1CCCC2(CNC(=O)C2)C1. The van der Waals surface area contributed by atoms with Gasteiger partial charge in [-0.25, -0.2) is 0 Å². The van der Waals surface area contributed by atoms with Gasteiger partial charge in [0.25, 0.3) is 0 Å². The van der Waals surface area contributed by atoms with Crippen molar-refractivity contribution in [2.24, 2.45) is 10.4 Å². The second-order valence-corrected chi connectivity index (χ2v) is 7.91. The number of benzene rings is 1. The van der Waals surface area contributed by atoms with E-state index in [1.165, 1.54) is 5.56 Å². The van der Waals surface area contributed by atoms with Gasteiger partial charge in [0.05, 0.1) is 12.7 Å². The molecule has 148 valence electrons. The molecule has 2 aromatic rings. The van der Waals surface area contributed by atoms with Gasteiger partial charge in [0.2, 0.25) is 5.91 Å². The number of hydrogen-bond acceptors (Lipinski definition) is 3. The Balaban J connectivity index is 1.34. The summed E-state index contributed by atoms with van der Waals surface area (Å²) in [5.41, 5.74) is 2.42. The molecule has 1 aromatic heterocycles. The minimum Gasteiger partial charge on any atom is -0.355 e. The van der Waals surface area contributed by atoms with Gasteiger partial charge >= 0.3 is 0 Å². The van der Waals surface area contributed by atoms with Crippen LogP contribution in [-0.4, -0.2) is 53.2 Å². The molecule has 1 spiro atoms. The first-order chi connectivity index (χ1) is 13.7. The number of amides is 1. The molecule has 1 aromatic carbocycles. The average Bonchev–Trinajstić information content (AvgIpc) is 3.30. The molecule has 3 heterocycles. The Hall–Kier alpha value is -2.83. The highest BCUT2D eigenvalue weighted by atomic mass is 16.1. The number of likely N-dealkylation sites (tertiary alicyclic amines) is 1. The van der Waals surface area contributed by atoms with Crippen LogP contribution in [0, 0.1) is 5.41 Å². The summed E-state index contributed by atoms with van der Waals surface area (Å²) in [6, 6.07) is 10.3. The van der Waals surface area contributed by atoms with E-state index in [0.29, 0.717) is 13.0 Å². The molecule has 2 saturated heterocycles. The van der Waals surface area contributed by atoms with E-state index in [9.17, 15) is 4.79 Å². The van der Waals surface area contributed by atoms with Crippen molar-refractivity contribution in [1.29, 1.82) is 0 Å². The molecule has 7 nitrogen and oxygen atoms in total. The third kappa shape index (κ3) is 4.18. The van der Waals surface area contributed by atoms with Crippen LogP contribution in [0.2, 0.25) is 0 Å². The smallest absolute Gasteiger partial charge is 0.220 e. The van der Waals surface area contributed by atoms with E-state index in [4.69, 9.17) is 0 Å². The highest BCUT2D eigenvalue weighted by molar-refractivity contribution is 5.81. The van der Waals surface area contributed by atoms with Crippen molar-refractivity contribution >= 4 is 11.9 Å². The number of nitrogens with zero attached hydrogens (tertiary/aromatic N) is 4. The van der Waals surface area contributed by atoms with E-state index < -0.39 is 0 Å². The number of guanidine groups is 1. The molecule has 0 saturated carbocycles. The van der Waals surface area contributed by atoms with Crippen LogP contribution < -0.4 is 10.6 Å². The summed E-state index contributed by atoms with van der Waals surface area (Å²) in [5.74, 6) is 1.07. The van der Waals surface area contributed by atoms with E-state index >= 15 is 0 Å². The van der Waals surface area contributed by atoms with Gasteiger partial charge in [-0.2, -0.15) is 5.10 Å². The van der Waals surface area contributed by atoms with E-state index in [-0.39, 0.29) is 11.3 Å². The zero-order valence-corrected chi connectivity index (χ0v) is 16.4. The minimum absolute atomic E-state index is 0.0630. The molecule has 2 N–H and O–H groups in total. The number of hydrogen-bond donors (Lipinski definition) is 2. The van der Waals surface area contributed by atoms with Crippen LogP contribution in [0.5, 0.6) is 0 Å². The molecule has 2 aliphatic heterocycles. The van der Waals surface area contributed by atoms with Gasteiger partial charge < -0.3 is 15.5 Å². The number of carbonyl (C=O) groups is 1. The molecule has 0 bridgehead atoms. The fourth-order valence-corrected chi connectivity index (χ4v) is 4.30. The summed E-state index contributed by atoms with van der Waals surface area (Å²) in [5, 5.41) is 10.9. The topological polar surface area (TPSA) is 74.6 Å². The Morgan fingerprint density at radius 2 is 2.18 bits per heavy atom. The lowest BCUT2D eigenvalue weighted by Gasteiger charge is -2.40. The second kappa shape index (κ2) is 8.04. The van der Waals surface area contributed by atoms with Crippen LogP contribution in [-0.2, 0) is 17.9 Å². The molecule has 0 aliphatic carbocycles. The predicted octanol–water partition coefficient (Wildman–Crippen LogP) is 1.61. The van der Waals surface area contributed by atoms with Gasteiger partial charge in [-0.1, -0.05) is 30.3 Å². The lowest BCUT2D eigenvalue weighted by molar-refractivity contribution is -0.119. The zero-order valence-electron chi connectivity index (χ0n) is 16.4. The molecular weight excluding hydrogens is 352 g/mol. The first-order valence-corrected chi connectivity index (χ1v) is 9.93. The molecule has 2 aliphatic rings. The van der Waals surface area contributed by atoms with E-state index in [0.717, 1.165) is 50.5 Å². The monoisotopic (exact) mass is 380 g/mol. The van der Waals surface area contributed by atoms with Crippen LogP contribution in [0.3, 0.4) is 0 Å². The van der Waals surface area contributed by atoms with Crippen LogP contribution >= 0.6 is 0 Å². The molecule has 4 rings (SSSR count). The highest BCUT2D eigenvalue weighted by Crippen LogP contribution is 2.35. The van der Waals surface area contributed by atoms with Crippen molar-refractivity contribution in [3.05, 3.63) is 53.9 Å². The third-order valence-corrected chi connectivity index (χ3v) is 5.69. The zero-order chi connectivity index (χ0) is 19.4. The van der Waals surface area contributed by atoms with Crippen molar-refractivity contribution in [2.75, 3.05) is 26.7 Å². The van der Waals surface area contributed by atoms with E-state index in [2.05, 4.69) is 44.0 Å². The number of piperidine rings is 1. The Morgan fingerprint density at radius 3 is 2.93 bits per heavy atom. The fourth-order valence-electron chi connectivity index (χ4n) is 4.30. The second-order valence-electron chi connectivity index (χ2n) is 7.91. The summed E-state index contributed by atoms with van der Waals surface area (Å²) in [6.07, 6.45) is 6.80. The normalized spacial score (nSPS) is 22.5. The van der Waals surface area contributed by atoms with Crippen molar-refractivity contribution in [3.63, 3.8) is 0 Å². The third-order valence-electron chi connectivity index (χ3n) is 5.69. The Morgan fingerprint density at radius 1 is 1.32 bits per heavy atom. The maximum Gasteiger partial charge on any atom is 0.220 e. The Kier molecular flexibility index (Phi) is 5.32. The van der Waals surface area contributed by atoms with Crippen LogP contribution in [0.15, 0.2) is 47.7 Å². The lowest BCUT2D eigenvalue weighted by atomic mass is 9.79. The molecule has 28 heavy (non-hydrogen) atoms. The lowest BCUT2D eigenvalue weighted by Crippen LogP contribution is -2.51. The number of carbonyl (C=O) groups excluding carboxylic acids is 1. The van der Waals surface area contributed by atoms with Crippen molar-refractivity contribution in [3.8, 4) is 0 Å². The van der Waals surface area contributed by atoms with Gasteiger partial charge in [0.1, 0.15) is 0 Å². The van der Waals surface area contributed by atoms with E-state index in [1.807, 2.05) is 36.1 Å². The predicted molar refractivity (Wildman–Crippen MR) is 109 cm³/mol. The quantitative estimate of drug-likeness (QED) is 0.624. The van der Waals surface area contributed by atoms with Crippen molar-refractivity contribution in [1.82, 2.24) is 25.3 Å². The molecular formula is C21H28N6O. The molecule has 1 atom stereocenters. The van der Waals surface area contributed by atoms with E-state index in [1.54, 1.807) is 0 Å². The number of nitrogens with one attached hydrogen (secondary N) is 2. The fraction of sp³-hybridized carbons (Fsp3) is 0.476. The molecule has 2 fully saturated rings. The van der Waals surface area contributed by atoms with Gasteiger partial charge in [-0.15, -0.1) is 0 Å². The summed E-state index contributed by atoms with van der Waals surface area (Å²) in [7, 11) is 1.82. The first kappa shape index (κ1) is 18.5. The molecule has 7 heteroatoms. The Labute approximate surface area is 165 Å². The van der Waals surface area contributed by atoms with Crippen molar-refractivity contribution < 1.29 is 4.79 Å². The summed E-state index contributed by atoms with van der Waals surface area (Å²) < 4.78 is 1.96. The van der Waals surface area contributed by atoms with Crippen LogP contribution in [0.1, 0.15) is 30.4 Å². The summed E-state index contributed by atoms with van der Waals surface area (Å²) >= 11 is 0. The van der Waals surface area contributed by atoms with Crippen LogP contribution in [0.25, 0.3) is 0 Å². The van der Waals surface area contributed by atoms with Gasteiger partial charge in [0.15, 0.2) is 5.96 Å². The molecule has 0 radical (unpaired) electrons. The van der Waals surface area contributed by atoms with Crippen molar-refractivity contribution in [2.45, 2.75) is 32.4 Å². The van der Waals surface area contributed by atoms with Crippen LogP contribution in [0.4, 0.5) is 0 Å². The first-order valence-electron chi connectivity index (χ1n) is 9.93. The summed E-state index contributed by atoms with van der Waals surface area (Å²) in [6.45, 7) is 4.08. The number of aromatic nitrogens is 2. The average molecular weight is 380 g/mol. The largest absolute Gasteiger partial charge is 0.355 e. The van der Waals surface area contributed by atoms with Gasteiger partial charge in [-0.05, 0) is 18.4 Å².